The van der Waals surface area contributed by atoms with Crippen LogP contribution in [0.4, 0.5) is 8.78 Å². The van der Waals surface area contributed by atoms with Gasteiger partial charge in [0, 0.05) is 22.9 Å². The molecule has 19 heavy (non-hydrogen) atoms. The smallest absolute Gasteiger partial charge is 0.157 e. The van der Waals surface area contributed by atoms with Gasteiger partial charge in [0.2, 0.25) is 0 Å². The summed E-state index contributed by atoms with van der Waals surface area (Å²) in [5.74, 6) is -0.0803. The second kappa shape index (κ2) is 5.90. The highest BCUT2D eigenvalue weighted by Gasteiger charge is 2.27. The van der Waals surface area contributed by atoms with E-state index in [1.165, 1.54) is 12.1 Å². The lowest BCUT2D eigenvalue weighted by atomic mass is 9.96. The molecule has 1 aliphatic heterocycles. The Balaban J connectivity index is 2.06. The number of benzene rings is 1. The van der Waals surface area contributed by atoms with Crippen molar-refractivity contribution < 1.29 is 8.78 Å². The van der Waals surface area contributed by atoms with Crippen LogP contribution in [0.15, 0.2) is 23.2 Å². The van der Waals surface area contributed by atoms with Gasteiger partial charge in [-0.05, 0) is 25.8 Å². The van der Waals surface area contributed by atoms with E-state index in [1.54, 1.807) is 11.8 Å². The van der Waals surface area contributed by atoms with Crippen LogP contribution in [0.1, 0.15) is 32.3 Å². The third kappa shape index (κ3) is 3.69. The molecule has 5 heteroatoms. The van der Waals surface area contributed by atoms with E-state index in [-0.39, 0.29) is 12.1 Å². The summed E-state index contributed by atoms with van der Waals surface area (Å²) in [5, 5.41) is 4.24. The zero-order valence-electron chi connectivity index (χ0n) is 11.2. The van der Waals surface area contributed by atoms with Crippen LogP contribution in [0.5, 0.6) is 0 Å². The molecule has 0 spiro atoms. The lowest BCUT2D eigenvalue weighted by Gasteiger charge is -2.35. The molecule has 0 aromatic heterocycles. The number of hydrogen-bond donors (Lipinski definition) is 1. The van der Waals surface area contributed by atoms with Crippen LogP contribution in [0.2, 0.25) is 0 Å². The van der Waals surface area contributed by atoms with Gasteiger partial charge in [-0.2, -0.15) is 0 Å². The van der Waals surface area contributed by atoms with Gasteiger partial charge in [-0.1, -0.05) is 24.8 Å². The molecule has 0 saturated carbocycles. The van der Waals surface area contributed by atoms with Crippen LogP contribution in [0.3, 0.4) is 0 Å². The summed E-state index contributed by atoms with van der Waals surface area (Å²) in [6.07, 6.45) is 2.12. The van der Waals surface area contributed by atoms with Gasteiger partial charge >= 0.3 is 0 Å². The van der Waals surface area contributed by atoms with Crippen molar-refractivity contribution in [2.75, 3.05) is 5.75 Å². The Morgan fingerprint density at radius 2 is 2.21 bits per heavy atom. The number of amidine groups is 1. The first kappa shape index (κ1) is 14.3. The van der Waals surface area contributed by atoms with E-state index in [1.807, 2.05) is 0 Å². The minimum Gasteiger partial charge on any atom is -0.360 e. The third-order valence-electron chi connectivity index (χ3n) is 3.49. The van der Waals surface area contributed by atoms with Gasteiger partial charge in [-0.15, -0.1) is 0 Å². The Labute approximate surface area is 116 Å². The Kier molecular flexibility index (Phi) is 4.45. The van der Waals surface area contributed by atoms with Crippen LogP contribution < -0.4 is 5.32 Å². The quantitative estimate of drug-likeness (QED) is 0.915. The summed E-state index contributed by atoms with van der Waals surface area (Å²) < 4.78 is 26.3. The highest BCUT2D eigenvalue weighted by atomic mass is 32.2. The van der Waals surface area contributed by atoms with Crippen LogP contribution in [-0.4, -0.2) is 16.5 Å². The number of thioether (sulfide) groups is 1. The summed E-state index contributed by atoms with van der Waals surface area (Å²) in [6, 6.07) is 3.60. The first-order chi connectivity index (χ1) is 9.02. The van der Waals surface area contributed by atoms with Crippen LogP contribution >= 0.6 is 11.8 Å². The molecule has 1 saturated heterocycles. The van der Waals surface area contributed by atoms with Gasteiger partial charge < -0.3 is 5.32 Å². The first-order valence-corrected chi connectivity index (χ1v) is 7.40. The van der Waals surface area contributed by atoms with Gasteiger partial charge in [-0.3, -0.25) is 4.99 Å². The predicted octanol–water partition coefficient (Wildman–Crippen LogP) is 3.72. The number of aliphatic imine (C=N–C) groups is 1. The third-order valence-corrected chi connectivity index (χ3v) is 4.40. The molecular formula is C14H18F2N2S. The van der Waals surface area contributed by atoms with Crippen molar-refractivity contribution in [2.45, 2.75) is 38.8 Å². The SMILES string of the molecule is CCC1(C)CCSC(=NCc2ccc(F)cc2F)N1. The van der Waals surface area contributed by atoms with Crippen LogP contribution in [0.25, 0.3) is 0 Å². The zero-order chi connectivity index (χ0) is 13.9. The molecule has 0 radical (unpaired) electrons. The van der Waals surface area contributed by atoms with E-state index in [0.29, 0.717) is 5.56 Å². The Morgan fingerprint density at radius 3 is 2.89 bits per heavy atom. The Hall–Kier alpha value is -1.10. The largest absolute Gasteiger partial charge is 0.360 e. The number of nitrogens with one attached hydrogen (secondary N) is 1. The number of hydrogen-bond acceptors (Lipinski definition) is 2. The molecule has 1 aliphatic rings. The molecule has 1 unspecified atom stereocenters. The fourth-order valence-electron chi connectivity index (χ4n) is 1.89. The van der Waals surface area contributed by atoms with Crippen molar-refractivity contribution >= 4 is 16.9 Å². The molecule has 1 atom stereocenters. The van der Waals surface area contributed by atoms with Gasteiger partial charge in [0.15, 0.2) is 5.17 Å². The summed E-state index contributed by atoms with van der Waals surface area (Å²) in [5.41, 5.74) is 0.492. The molecule has 0 bridgehead atoms. The normalized spacial score (nSPS) is 25.4. The van der Waals surface area contributed by atoms with Crippen molar-refractivity contribution in [3.8, 4) is 0 Å². The van der Waals surface area contributed by atoms with Crippen molar-refractivity contribution in [3.05, 3.63) is 35.4 Å². The van der Waals surface area contributed by atoms with E-state index in [0.717, 1.165) is 29.8 Å². The lowest BCUT2D eigenvalue weighted by Crippen LogP contribution is -2.48. The molecule has 0 aliphatic carbocycles. The number of nitrogens with zero attached hydrogens (tertiary/aromatic N) is 1. The molecule has 1 aromatic carbocycles. The monoisotopic (exact) mass is 284 g/mol. The van der Waals surface area contributed by atoms with Crippen LogP contribution in [0, 0.1) is 11.6 Å². The topological polar surface area (TPSA) is 24.4 Å². The Morgan fingerprint density at radius 1 is 1.42 bits per heavy atom. The molecule has 104 valence electrons. The maximum Gasteiger partial charge on any atom is 0.157 e. The molecule has 1 fully saturated rings. The van der Waals surface area contributed by atoms with E-state index in [9.17, 15) is 8.78 Å². The molecule has 2 nitrogen and oxygen atoms in total. The molecule has 1 aromatic rings. The van der Waals surface area contributed by atoms with E-state index in [2.05, 4.69) is 24.2 Å². The highest BCUT2D eigenvalue weighted by molar-refractivity contribution is 8.13. The fourth-order valence-corrected chi connectivity index (χ4v) is 3.11. The highest BCUT2D eigenvalue weighted by Crippen LogP contribution is 2.25. The summed E-state index contributed by atoms with van der Waals surface area (Å²) in [7, 11) is 0. The second-order valence-corrected chi connectivity index (χ2v) is 6.08. The molecule has 2 rings (SSSR count). The van der Waals surface area contributed by atoms with Gasteiger partial charge in [0.1, 0.15) is 11.6 Å². The van der Waals surface area contributed by atoms with Gasteiger partial charge in [0.05, 0.1) is 6.54 Å². The second-order valence-electron chi connectivity index (χ2n) is 4.99. The van der Waals surface area contributed by atoms with Gasteiger partial charge in [-0.25, -0.2) is 8.78 Å². The van der Waals surface area contributed by atoms with Crippen molar-refractivity contribution in [2.24, 2.45) is 4.99 Å². The number of halogens is 2. The minimum atomic E-state index is -0.558. The fraction of sp³-hybridized carbons (Fsp3) is 0.500. The maximum atomic E-state index is 13.5. The zero-order valence-corrected chi connectivity index (χ0v) is 12.0. The van der Waals surface area contributed by atoms with Crippen molar-refractivity contribution in [1.82, 2.24) is 5.32 Å². The summed E-state index contributed by atoms with van der Waals surface area (Å²) in [4.78, 5) is 4.39. The lowest BCUT2D eigenvalue weighted by molar-refractivity contribution is 0.390. The van der Waals surface area contributed by atoms with Crippen molar-refractivity contribution in [3.63, 3.8) is 0 Å². The summed E-state index contributed by atoms with van der Waals surface area (Å²) >= 11 is 1.65. The summed E-state index contributed by atoms with van der Waals surface area (Å²) in [6.45, 7) is 4.54. The van der Waals surface area contributed by atoms with Gasteiger partial charge in [0.25, 0.3) is 0 Å². The Bertz CT molecular complexity index is 490. The first-order valence-electron chi connectivity index (χ1n) is 6.42. The molecule has 0 amide bonds. The average Bonchev–Trinajstić information content (AvgIpc) is 2.38. The van der Waals surface area contributed by atoms with Crippen molar-refractivity contribution in [1.29, 1.82) is 0 Å². The van der Waals surface area contributed by atoms with E-state index in [4.69, 9.17) is 0 Å². The maximum absolute atomic E-state index is 13.5. The average molecular weight is 284 g/mol. The molecule has 1 N–H and O–H groups in total. The van der Waals surface area contributed by atoms with E-state index >= 15 is 0 Å². The minimum absolute atomic E-state index is 0.0748. The predicted molar refractivity (Wildman–Crippen MR) is 76.4 cm³/mol. The van der Waals surface area contributed by atoms with E-state index < -0.39 is 11.6 Å². The number of rotatable bonds is 3. The molecule has 1 heterocycles. The standard InChI is InChI=1S/C14H18F2N2S/c1-3-14(2)6-7-19-13(18-14)17-9-10-4-5-11(15)8-12(10)16/h4-5,8H,3,6-7,9H2,1-2H3,(H,17,18). The molecular weight excluding hydrogens is 266 g/mol. The van der Waals surface area contributed by atoms with Crippen LogP contribution in [-0.2, 0) is 6.54 Å².